The second-order valence-electron chi connectivity index (χ2n) is 8.01. The lowest BCUT2D eigenvalue weighted by atomic mass is 9.83. The van der Waals surface area contributed by atoms with Crippen molar-refractivity contribution < 1.29 is 14.2 Å². The van der Waals surface area contributed by atoms with E-state index in [0.29, 0.717) is 12.6 Å². The Bertz CT molecular complexity index is 1050. The summed E-state index contributed by atoms with van der Waals surface area (Å²) in [7, 11) is 3.43. The Morgan fingerprint density at radius 1 is 0.933 bits per heavy atom. The molecule has 4 heteroatoms. The molecule has 0 aliphatic carbocycles. The molecule has 4 nitrogen and oxygen atoms in total. The molecule has 0 bridgehead atoms. The van der Waals surface area contributed by atoms with Crippen LogP contribution < -0.4 is 14.2 Å². The summed E-state index contributed by atoms with van der Waals surface area (Å²) < 4.78 is 17.3. The zero-order valence-electron chi connectivity index (χ0n) is 17.6. The summed E-state index contributed by atoms with van der Waals surface area (Å²) in [5, 5.41) is 0. The first kappa shape index (κ1) is 19.0. The van der Waals surface area contributed by atoms with Crippen LogP contribution in [-0.2, 0) is 26.0 Å². The van der Waals surface area contributed by atoms with Crippen molar-refractivity contribution in [2.45, 2.75) is 32.0 Å². The molecule has 0 spiro atoms. The summed E-state index contributed by atoms with van der Waals surface area (Å²) in [6, 6.07) is 21.5. The normalized spacial score (nSPS) is 17.5. The fourth-order valence-corrected chi connectivity index (χ4v) is 4.79. The number of nitrogens with zero attached hydrogens (tertiary/aromatic N) is 1. The van der Waals surface area contributed by atoms with Gasteiger partial charge in [0, 0.05) is 24.7 Å². The highest BCUT2D eigenvalue weighted by atomic mass is 16.5. The molecule has 1 atom stereocenters. The van der Waals surface area contributed by atoms with Gasteiger partial charge in [-0.3, -0.25) is 4.90 Å². The van der Waals surface area contributed by atoms with Crippen molar-refractivity contribution >= 4 is 0 Å². The van der Waals surface area contributed by atoms with E-state index in [1.165, 1.54) is 27.8 Å². The molecule has 0 saturated heterocycles. The molecule has 3 aromatic carbocycles. The third-order valence-electron chi connectivity index (χ3n) is 6.35. The molecule has 0 radical (unpaired) electrons. The zero-order valence-corrected chi connectivity index (χ0v) is 17.6. The van der Waals surface area contributed by atoms with Gasteiger partial charge in [0.15, 0.2) is 11.5 Å². The van der Waals surface area contributed by atoms with Gasteiger partial charge in [-0.25, -0.2) is 0 Å². The summed E-state index contributed by atoms with van der Waals surface area (Å²) in [6.07, 6.45) is 2.04. The van der Waals surface area contributed by atoms with Crippen LogP contribution >= 0.6 is 0 Å². The molecule has 5 rings (SSSR count). The quantitative estimate of drug-likeness (QED) is 0.606. The molecule has 0 aromatic heterocycles. The SMILES string of the molecule is COc1ccc2c(c1OC)CN1CCc3ccc(OCc4ccccc4)cc3C1C2. The van der Waals surface area contributed by atoms with E-state index in [4.69, 9.17) is 14.2 Å². The minimum absolute atomic E-state index is 0.375. The highest BCUT2D eigenvalue weighted by molar-refractivity contribution is 5.53. The van der Waals surface area contributed by atoms with Crippen molar-refractivity contribution in [3.8, 4) is 17.2 Å². The Hall–Kier alpha value is -2.98. The molecule has 30 heavy (non-hydrogen) atoms. The van der Waals surface area contributed by atoms with Crippen LogP contribution in [0.25, 0.3) is 0 Å². The van der Waals surface area contributed by atoms with Crippen LogP contribution in [0.15, 0.2) is 60.7 Å². The van der Waals surface area contributed by atoms with Gasteiger partial charge in [0.2, 0.25) is 0 Å². The van der Waals surface area contributed by atoms with Gasteiger partial charge in [-0.05, 0) is 53.3 Å². The topological polar surface area (TPSA) is 30.9 Å². The highest BCUT2D eigenvalue weighted by Gasteiger charge is 2.34. The van der Waals surface area contributed by atoms with Gasteiger partial charge in [-0.2, -0.15) is 0 Å². The minimum atomic E-state index is 0.375. The summed E-state index contributed by atoms with van der Waals surface area (Å²) >= 11 is 0. The van der Waals surface area contributed by atoms with Crippen LogP contribution in [0, 0.1) is 0 Å². The first-order chi connectivity index (χ1) is 14.8. The second-order valence-corrected chi connectivity index (χ2v) is 8.01. The number of fused-ring (bicyclic) bond motifs is 4. The fraction of sp³-hybridized carbons (Fsp3) is 0.308. The van der Waals surface area contributed by atoms with Crippen molar-refractivity contribution in [2.75, 3.05) is 20.8 Å². The zero-order chi connectivity index (χ0) is 20.5. The third kappa shape index (κ3) is 3.41. The van der Waals surface area contributed by atoms with E-state index in [1.807, 2.05) is 24.3 Å². The molecule has 2 aliphatic heterocycles. The second kappa shape index (κ2) is 8.04. The van der Waals surface area contributed by atoms with Crippen LogP contribution in [0.2, 0.25) is 0 Å². The Balaban J connectivity index is 1.42. The smallest absolute Gasteiger partial charge is 0.165 e. The monoisotopic (exact) mass is 401 g/mol. The van der Waals surface area contributed by atoms with E-state index in [9.17, 15) is 0 Å². The number of methoxy groups -OCH3 is 2. The average molecular weight is 402 g/mol. The van der Waals surface area contributed by atoms with Gasteiger partial charge in [-0.15, -0.1) is 0 Å². The van der Waals surface area contributed by atoms with Gasteiger partial charge in [0.05, 0.1) is 14.2 Å². The molecule has 3 aromatic rings. The summed E-state index contributed by atoms with van der Waals surface area (Å²) in [6.45, 7) is 2.53. The Kier molecular flexibility index (Phi) is 5.09. The van der Waals surface area contributed by atoms with Gasteiger partial charge >= 0.3 is 0 Å². The minimum Gasteiger partial charge on any atom is -0.493 e. The Labute approximate surface area is 178 Å². The lowest BCUT2D eigenvalue weighted by Crippen LogP contribution is -2.39. The fourth-order valence-electron chi connectivity index (χ4n) is 4.79. The number of benzene rings is 3. The van der Waals surface area contributed by atoms with Crippen LogP contribution in [-0.4, -0.2) is 25.7 Å². The van der Waals surface area contributed by atoms with Gasteiger partial charge in [-0.1, -0.05) is 42.5 Å². The predicted octanol–water partition coefficient (Wildman–Crippen LogP) is 4.94. The summed E-state index contributed by atoms with van der Waals surface area (Å²) in [4.78, 5) is 2.56. The van der Waals surface area contributed by atoms with Gasteiger partial charge in [0.1, 0.15) is 12.4 Å². The third-order valence-corrected chi connectivity index (χ3v) is 6.35. The van der Waals surface area contributed by atoms with Crippen molar-refractivity contribution in [2.24, 2.45) is 0 Å². The maximum atomic E-state index is 6.12. The maximum Gasteiger partial charge on any atom is 0.165 e. The average Bonchev–Trinajstić information content (AvgIpc) is 2.81. The van der Waals surface area contributed by atoms with Gasteiger partial charge < -0.3 is 14.2 Å². The van der Waals surface area contributed by atoms with Gasteiger partial charge in [0.25, 0.3) is 0 Å². The standard InChI is InChI=1S/C26H27NO3/c1-28-25-11-9-20-14-24-22-15-21(30-17-18-6-4-3-5-7-18)10-8-19(22)12-13-27(24)16-23(20)26(25)29-2/h3-11,15,24H,12-14,16-17H2,1-2H3. The molecule has 2 heterocycles. The van der Waals surface area contributed by atoms with E-state index in [-0.39, 0.29) is 0 Å². The molecule has 0 amide bonds. The van der Waals surface area contributed by atoms with E-state index in [1.54, 1.807) is 14.2 Å². The summed E-state index contributed by atoms with van der Waals surface area (Å²) in [5.74, 6) is 2.63. The van der Waals surface area contributed by atoms with Crippen LogP contribution in [0.4, 0.5) is 0 Å². The largest absolute Gasteiger partial charge is 0.493 e. The van der Waals surface area contributed by atoms with Crippen molar-refractivity contribution in [3.05, 3.63) is 88.5 Å². The molecular weight excluding hydrogens is 374 g/mol. The first-order valence-corrected chi connectivity index (χ1v) is 10.5. The van der Waals surface area contributed by atoms with Crippen molar-refractivity contribution in [1.82, 2.24) is 4.90 Å². The lowest BCUT2D eigenvalue weighted by molar-refractivity contribution is 0.157. The molecular formula is C26H27NO3. The van der Waals surface area contributed by atoms with Crippen LogP contribution in [0.5, 0.6) is 17.2 Å². The molecule has 0 fully saturated rings. The molecule has 0 N–H and O–H groups in total. The summed E-state index contributed by atoms with van der Waals surface area (Å²) in [5.41, 5.74) is 6.62. The van der Waals surface area contributed by atoms with E-state index in [2.05, 4.69) is 41.3 Å². The number of ether oxygens (including phenoxy) is 3. The maximum absolute atomic E-state index is 6.12. The van der Waals surface area contributed by atoms with E-state index < -0.39 is 0 Å². The highest BCUT2D eigenvalue weighted by Crippen LogP contribution is 2.44. The lowest BCUT2D eigenvalue weighted by Gasteiger charge is -2.42. The number of hydrogen-bond donors (Lipinski definition) is 0. The van der Waals surface area contributed by atoms with Crippen molar-refractivity contribution in [1.29, 1.82) is 0 Å². The molecule has 0 saturated carbocycles. The van der Waals surface area contributed by atoms with Crippen LogP contribution in [0.3, 0.4) is 0 Å². The van der Waals surface area contributed by atoms with E-state index >= 15 is 0 Å². The van der Waals surface area contributed by atoms with E-state index in [0.717, 1.165) is 43.2 Å². The number of hydrogen-bond acceptors (Lipinski definition) is 4. The molecule has 154 valence electrons. The Morgan fingerprint density at radius 2 is 1.77 bits per heavy atom. The Morgan fingerprint density at radius 3 is 2.57 bits per heavy atom. The molecule has 2 aliphatic rings. The number of rotatable bonds is 5. The molecule has 1 unspecified atom stereocenters. The van der Waals surface area contributed by atoms with Crippen LogP contribution in [0.1, 0.15) is 33.9 Å². The predicted molar refractivity (Wildman–Crippen MR) is 117 cm³/mol. The first-order valence-electron chi connectivity index (χ1n) is 10.5. The van der Waals surface area contributed by atoms with Crippen molar-refractivity contribution in [3.63, 3.8) is 0 Å².